The van der Waals surface area contributed by atoms with E-state index in [1.165, 1.54) is 0 Å². The van der Waals surface area contributed by atoms with Crippen molar-refractivity contribution in [3.8, 4) is 0 Å². The summed E-state index contributed by atoms with van der Waals surface area (Å²) < 4.78 is 0. The third-order valence-corrected chi connectivity index (χ3v) is 0.129. The summed E-state index contributed by atoms with van der Waals surface area (Å²) in [4.78, 5) is 0. The first-order valence-corrected chi connectivity index (χ1v) is 1.22. The molecular weight excluding hydrogens is 89.5 g/mol. The number of nitrogens with two attached hydrogens (primary N) is 1. The highest BCUT2D eigenvalue weighted by atomic mass is 35.5. The fourth-order valence-corrected chi connectivity index (χ4v) is 0. The van der Waals surface area contributed by atoms with Crippen molar-refractivity contribution in [1.29, 1.82) is 0 Å². The zero-order chi connectivity index (χ0) is 3.41. The molecule has 5 heavy (non-hydrogen) atoms. The number of aliphatic hydroxyl groups is 1. The molecule has 0 fully saturated rings. The standard InChI is InChI=1S/C2H7NO.ClH/c3-1-2-4;/h4H,1-3H2;1H. The van der Waals surface area contributed by atoms with Crippen LogP contribution in [0.4, 0.5) is 0 Å². The Hall–Kier alpha value is 0.210. The van der Waals surface area contributed by atoms with Gasteiger partial charge in [-0.3, -0.25) is 0 Å². The molecule has 0 radical (unpaired) electrons. The maximum Gasteiger partial charge on any atom is 0.0553 e. The van der Waals surface area contributed by atoms with Gasteiger partial charge in [-0.25, -0.2) is 0 Å². The minimum absolute atomic E-state index is 0. The molecule has 3 heteroatoms. The van der Waals surface area contributed by atoms with Crippen molar-refractivity contribution < 1.29 is 5.11 Å². The minimum atomic E-state index is 0. The molecule has 0 aromatic heterocycles. The van der Waals surface area contributed by atoms with Crippen LogP contribution in [0.5, 0.6) is 0 Å². The lowest BCUT2D eigenvalue weighted by Gasteiger charge is -1.71. The summed E-state index contributed by atoms with van der Waals surface area (Å²) in [6.45, 7) is 0.472. The van der Waals surface area contributed by atoms with E-state index in [9.17, 15) is 0 Å². The zero-order valence-corrected chi connectivity index (χ0v) is 3.66. The lowest BCUT2D eigenvalue weighted by molar-refractivity contribution is 0.306. The van der Waals surface area contributed by atoms with Gasteiger partial charge in [0, 0.05) is 6.54 Å². The second-order valence-electron chi connectivity index (χ2n) is 0.512. The van der Waals surface area contributed by atoms with Crippen molar-refractivity contribution in [2.45, 2.75) is 0 Å². The third-order valence-electron chi connectivity index (χ3n) is 0.129. The van der Waals surface area contributed by atoms with Crippen molar-refractivity contribution in [2.24, 2.45) is 5.73 Å². The molecular formula is C2H8ClNO. The van der Waals surface area contributed by atoms with Gasteiger partial charge in [0.15, 0.2) is 0 Å². The molecule has 0 bridgehead atoms. The summed E-state index contributed by atoms with van der Waals surface area (Å²) >= 11 is 0. The Morgan fingerprint density at radius 3 is 1.80 bits per heavy atom. The highest BCUT2D eigenvalue weighted by molar-refractivity contribution is 5.85. The Kier molecular flexibility index (Phi) is 15.9. The van der Waals surface area contributed by atoms with Gasteiger partial charge in [-0.05, 0) is 0 Å². The molecule has 0 amide bonds. The quantitative estimate of drug-likeness (QED) is 0.457. The highest BCUT2D eigenvalue weighted by Gasteiger charge is 1.56. The molecule has 34 valence electrons. The average molecular weight is 97.5 g/mol. The van der Waals surface area contributed by atoms with E-state index in [0.29, 0.717) is 6.54 Å². The molecule has 0 aromatic rings. The summed E-state index contributed by atoms with van der Waals surface area (Å²) in [6, 6.07) is 0. The summed E-state index contributed by atoms with van der Waals surface area (Å²) in [5, 5.41) is 7.75. The normalized spacial score (nSPS) is 6.00. The van der Waals surface area contributed by atoms with Gasteiger partial charge in [0.2, 0.25) is 0 Å². The predicted molar refractivity (Wildman–Crippen MR) is 23.4 cm³/mol. The van der Waals surface area contributed by atoms with E-state index >= 15 is 0 Å². The van der Waals surface area contributed by atoms with E-state index in [-0.39, 0.29) is 19.0 Å². The van der Waals surface area contributed by atoms with Crippen molar-refractivity contribution in [3.05, 3.63) is 0 Å². The molecule has 0 aromatic carbocycles. The van der Waals surface area contributed by atoms with E-state index in [1.54, 1.807) is 0 Å². The highest BCUT2D eigenvalue weighted by Crippen LogP contribution is 1.33. The zero-order valence-electron chi connectivity index (χ0n) is 2.85. The van der Waals surface area contributed by atoms with E-state index < -0.39 is 0 Å². The monoisotopic (exact) mass is 97.0 g/mol. The number of rotatable bonds is 1. The number of aliphatic hydroxyl groups excluding tert-OH is 1. The maximum atomic E-state index is 7.75. The van der Waals surface area contributed by atoms with Gasteiger partial charge in [-0.15, -0.1) is 12.4 Å². The minimum Gasteiger partial charge on any atom is -0.395 e. The van der Waals surface area contributed by atoms with Gasteiger partial charge < -0.3 is 10.8 Å². The predicted octanol–water partition coefficient (Wildman–Crippen LogP) is -0.641. The third kappa shape index (κ3) is 14.0. The van der Waals surface area contributed by atoms with Crippen molar-refractivity contribution >= 4 is 12.4 Å². The fourth-order valence-electron chi connectivity index (χ4n) is 0. The van der Waals surface area contributed by atoms with Crippen LogP contribution in [0.2, 0.25) is 0 Å². The first-order chi connectivity index (χ1) is 1.91. The molecule has 0 rings (SSSR count). The van der Waals surface area contributed by atoms with Crippen molar-refractivity contribution in [1.82, 2.24) is 0 Å². The van der Waals surface area contributed by atoms with Crippen LogP contribution in [0.15, 0.2) is 0 Å². The van der Waals surface area contributed by atoms with E-state index in [4.69, 9.17) is 10.8 Å². The van der Waals surface area contributed by atoms with Crippen LogP contribution in [-0.4, -0.2) is 18.3 Å². The summed E-state index contributed by atoms with van der Waals surface area (Å²) in [7, 11) is 0. The molecule has 0 saturated heterocycles. The molecule has 0 unspecified atom stereocenters. The van der Waals surface area contributed by atoms with Crippen LogP contribution in [0.3, 0.4) is 0 Å². The molecule has 2 nitrogen and oxygen atoms in total. The van der Waals surface area contributed by atoms with E-state index in [0.717, 1.165) is 0 Å². The van der Waals surface area contributed by atoms with Crippen LogP contribution >= 0.6 is 12.4 Å². The fraction of sp³-hybridized carbons (Fsp3) is 1.00. The maximum absolute atomic E-state index is 7.75. The SMILES string of the molecule is Cl.NCCO. The van der Waals surface area contributed by atoms with Crippen LogP contribution in [0, 0.1) is 0 Å². The van der Waals surface area contributed by atoms with Gasteiger partial charge in [-0.2, -0.15) is 0 Å². The molecule has 0 atom stereocenters. The van der Waals surface area contributed by atoms with Crippen molar-refractivity contribution in [3.63, 3.8) is 0 Å². The Bertz CT molecular complexity index is 11.6. The molecule has 0 aliphatic carbocycles. The van der Waals surface area contributed by atoms with Gasteiger partial charge in [0.05, 0.1) is 6.61 Å². The lowest BCUT2D eigenvalue weighted by atomic mass is 10.8. The van der Waals surface area contributed by atoms with E-state index in [2.05, 4.69) is 0 Å². The molecule has 0 aliphatic heterocycles. The smallest absolute Gasteiger partial charge is 0.0553 e. The van der Waals surface area contributed by atoms with E-state index in [1.807, 2.05) is 0 Å². The van der Waals surface area contributed by atoms with Gasteiger partial charge in [-0.1, -0.05) is 0 Å². The largest absolute Gasteiger partial charge is 0.395 e. The molecule has 0 heterocycles. The molecule has 3 N–H and O–H groups in total. The van der Waals surface area contributed by atoms with Gasteiger partial charge in [0.1, 0.15) is 0 Å². The molecule has 0 spiro atoms. The summed E-state index contributed by atoms with van der Waals surface area (Å²) in [6.07, 6.45) is 0. The second kappa shape index (κ2) is 8.88. The Morgan fingerprint density at radius 1 is 1.60 bits per heavy atom. The number of halogens is 1. The summed E-state index contributed by atoms with van der Waals surface area (Å²) in [5.41, 5.74) is 4.78. The number of hydrogen-bond acceptors (Lipinski definition) is 2. The van der Waals surface area contributed by atoms with Crippen LogP contribution < -0.4 is 5.73 Å². The molecule has 0 aliphatic rings. The van der Waals surface area contributed by atoms with Crippen LogP contribution in [0.1, 0.15) is 0 Å². The van der Waals surface area contributed by atoms with Crippen LogP contribution in [0.25, 0.3) is 0 Å². The Balaban J connectivity index is 0. The Morgan fingerprint density at radius 2 is 1.80 bits per heavy atom. The Labute approximate surface area is 37.4 Å². The number of hydrogen-bond donors (Lipinski definition) is 2. The topological polar surface area (TPSA) is 46.2 Å². The van der Waals surface area contributed by atoms with Gasteiger partial charge in [0.25, 0.3) is 0 Å². The lowest BCUT2D eigenvalue weighted by Crippen LogP contribution is -2.02. The van der Waals surface area contributed by atoms with Crippen molar-refractivity contribution in [2.75, 3.05) is 13.2 Å². The summed E-state index contributed by atoms with van der Waals surface area (Å²) in [5.74, 6) is 0. The molecule has 0 saturated carbocycles. The first kappa shape index (κ1) is 8.96. The first-order valence-electron chi connectivity index (χ1n) is 1.22. The van der Waals surface area contributed by atoms with Gasteiger partial charge >= 0.3 is 0 Å². The van der Waals surface area contributed by atoms with Crippen LogP contribution in [-0.2, 0) is 0 Å². The second-order valence-corrected chi connectivity index (χ2v) is 0.512. The average Bonchev–Trinajstić information content (AvgIpc) is 1.37.